The van der Waals surface area contributed by atoms with Gasteiger partial charge in [0.1, 0.15) is 4.21 Å². The summed E-state index contributed by atoms with van der Waals surface area (Å²) in [6, 6.07) is 1.70. The number of morpholine rings is 1. The fourth-order valence-corrected chi connectivity index (χ4v) is 5.60. The molecule has 0 aliphatic carbocycles. The molecule has 9 heteroatoms. The molecular formula is C12H19ClN2O4S2. The van der Waals surface area contributed by atoms with E-state index in [0.29, 0.717) is 36.1 Å². The maximum Gasteiger partial charge on any atom is 0.253 e. The molecule has 1 aromatic heterocycles. The number of rotatable bonds is 3. The number of aliphatic hydroxyl groups excluding tert-OH is 1. The molecule has 3 heterocycles. The molecule has 1 aromatic rings. The predicted molar refractivity (Wildman–Crippen MR) is 82.5 cm³/mol. The normalized spacial score (nSPS) is 26.0. The Hall–Kier alpha value is -0.220. The summed E-state index contributed by atoms with van der Waals surface area (Å²) in [5, 5.41) is 11.8. The van der Waals surface area contributed by atoms with Crippen molar-refractivity contribution in [1.82, 2.24) is 9.21 Å². The largest absolute Gasteiger partial charge is 0.387 e. The summed E-state index contributed by atoms with van der Waals surface area (Å²) in [6.45, 7) is 4.31. The van der Waals surface area contributed by atoms with Crippen LogP contribution in [0.3, 0.4) is 0 Å². The average molecular weight is 355 g/mol. The summed E-state index contributed by atoms with van der Waals surface area (Å²) in [7, 11) is -3.44. The molecule has 1 fully saturated rings. The maximum absolute atomic E-state index is 12.5. The van der Waals surface area contributed by atoms with Crippen molar-refractivity contribution in [3.8, 4) is 0 Å². The number of sulfonamides is 1. The van der Waals surface area contributed by atoms with Crippen molar-refractivity contribution < 1.29 is 18.3 Å². The Balaban J connectivity index is 0.00000161. The van der Waals surface area contributed by atoms with Gasteiger partial charge in [-0.25, -0.2) is 8.42 Å². The minimum atomic E-state index is -3.44. The van der Waals surface area contributed by atoms with E-state index in [1.165, 1.54) is 15.6 Å². The molecule has 1 unspecified atom stereocenters. The summed E-state index contributed by atoms with van der Waals surface area (Å²) >= 11 is 1.18. The Labute approximate surface area is 134 Å². The van der Waals surface area contributed by atoms with Crippen molar-refractivity contribution in [3.05, 3.63) is 17.0 Å². The number of nitrogens with zero attached hydrogens (tertiary/aromatic N) is 2. The summed E-state index contributed by atoms with van der Waals surface area (Å²) in [4.78, 5) is 2.19. The van der Waals surface area contributed by atoms with E-state index in [4.69, 9.17) is 4.74 Å². The van der Waals surface area contributed by atoms with Crippen LogP contribution in [-0.2, 0) is 14.8 Å². The minimum absolute atomic E-state index is 0. The van der Waals surface area contributed by atoms with E-state index in [0.717, 1.165) is 13.1 Å². The SMILES string of the molecule is Cl.O=S1(=O)c2sccc2C(O)CN1CCN1CCOCC1. The van der Waals surface area contributed by atoms with Crippen molar-refractivity contribution >= 4 is 33.8 Å². The third-order valence-electron chi connectivity index (χ3n) is 3.74. The molecule has 0 spiro atoms. The van der Waals surface area contributed by atoms with Crippen LogP contribution in [0.5, 0.6) is 0 Å². The highest BCUT2D eigenvalue weighted by Crippen LogP contribution is 2.35. The molecule has 3 rings (SSSR count). The van der Waals surface area contributed by atoms with Crippen molar-refractivity contribution in [2.75, 3.05) is 45.9 Å². The first-order valence-electron chi connectivity index (χ1n) is 6.65. The molecule has 1 atom stereocenters. The van der Waals surface area contributed by atoms with Gasteiger partial charge >= 0.3 is 0 Å². The fraction of sp³-hybridized carbons (Fsp3) is 0.667. The molecule has 6 nitrogen and oxygen atoms in total. The number of hydrogen-bond donors (Lipinski definition) is 1. The highest BCUT2D eigenvalue weighted by molar-refractivity contribution is 7.91. The van der Waals surface area contributed by atoms with E-state index in [1.54, 1.807) is 11.4 Å². The molecule has 2 aliphatic rings. The Morgan fingerprint density at radius 1 is 1.33 bits per heavy atom. The highest BCUT2D eigenvalue weighted by atomic mass is 35.5. The van der Waals surface area contributed by atoms with Crippen LogP contribution >= 0.6 is 23.7 Å². The van der Waals surface area contributed by atoms with Crippen LogP contribution in [0.4, 0.5) is 0 Å². The molecule has 120 valence electrons. The lowest BCUT2D eigenvalue weighted by Crippen LogP contribution is -2.45. The molecule has 0 bridgehead atoms. The summed E-state index contributed by atoms with van der Waals surface area (Å²) in [5.74, 6) is 0. The van der Waals surface area contributed by atoms with Gasteiger partial charge in [-0.2, -0.15) is 4.31 Å². The lowest BCUT2D eigenvalue weighted by Gasteiger charge is -2.32. The summed E-state index contributed by atoms with van der Waals surface area (Å²) in [5.41, 5.74) is 0.539. The number of fused-ring (bicyclic) bond motifs is 1. The number of β-amino-alcohol motifs (C(OH)–C–C–N with tert-alkyl or cyclic N) is 1. The summed E-state index contributed by atoms with van der Waals surface area (Å²) in [6.07, 6.45) is -0.718. The number of halogens is 1. The van der Waals surface area contributed by atoms with Crippen LogP contribution in [0.1, 0.15) is 11.7 Å². The second-order valence-corrected chi connectivity index (χ2v) is 8.05. The van der Waals surface area contributed by atoms with Crippen molar-refractivity contribution in [1.29, 1.82) is 0 Å². The third kappa shape index (κ3) is 3.42. The van der Waals surface area contributed by atoms with Gasteiger partial charge in [0.2, 0.25) is 0 Å². The van der Waals surface area contributed by atoms with Crippen LogP contribution in [0.25, 0.3) is 0 Å². The summed E-state index contributed by atoms with van der Waals surface area (Å²) < 4.78 is 31.9. The molecule has 2 aliphatic heterocycles. The van der Waals surface area contributed by atoms with E-state index >= 15 is 0 Å². The maximum atomic E-state index is 12.5. The van der Waals surface area contributed by atoms with Gasteiger partial charge in [0.15, 0.2) is 0 Å². The van der Waals surface area contributed by atoms with Crippen LogP contribution in [-0.4, -0.2) is 68.7 Å². The second-order valence-electron chi connectivity index (χ2n) is 5.00. The fourth-order valence-electron chi connectivity index (χ4n) is 2.56. The van der Waals surface area contributed by atoms with E-state index in [9.17, 15) is 13.5 Å². The van der Waals surface area contributed by atoms with Gasteiger partial charge in [-0.05, 0) is 11.4 Å². The van der Waals surface area contributed by atoms with Crippen LogP contribution in [0.15, 0.2) is 15.7 Å². The van der Waals surface area contributed by atoms with Gasteiger partial charge in [-0.3, -0.25) is 4.90 Å². The number of ether oxygens (including phenoxy) is 1. The first-order valence-corrected chi connectivity index (χ1v) is 8.97. The standard InChI is InChI=1S/C12H18N2O4S2.ClH/c15-11-9-14(3-2-13-4-6-18-7-5-13)20(16,17)12-10(11)1-8-19-12;/h1,8,11,15H,2-7,9H2;1H. The van der Waals surface area contributed by atoms with Gasteiger partial charge in [0.25, 0.3) is 10.0 Å². The van der Waals surface area contributed by atoms with Gasteiger partial charge in [0.05, 0.1) is 19.3 Å². The zero-order chi connectivity index (χ0) is 14.2. The highest BCUT2D eigenvalue weighted by Gasteiger charge is 2.37. The zero-order valence-corrected chi connectivity index (χ0v) is 13.9. The number of thiophene rings is 1. The van der Waals surface area contributed by atoms with Crippen molar-refractivity contribution in [3.63, 3.8) is 0 Å². The Kier molecular flexibility index (Phi) is 5.64. The lowest BCUT2D eigenvalue weighted by molar-refractivity contribution is 0.0346. The Morgan fingerprint density at radius 3 is 2.76 bits per heavy atom. The van der Waals surface area contributed by atoms with Gasteiger partial charge in [0, 0.05) is 38.3 Å². The molecule has 0 radical (unpaired) electrons. The smallest absolute Gasteiger partial charge is 0.253 e. The second kappa shape index (κ2) is 6.91. The first-order chi connectivity index (χ1) is 9.59. The third-order valence-corrected chi connectivity index (χ3v) is 7.10. The molecule has 0 aromatic carbocycles. The lowest BCUT2D eigenvalue weighted by atomic mass is 10.2. The van der Waals surface area contributed by atoms with E-state index < -0.39 is 16.1 Å². The Morgan fingerprint density at radius 2 is 2.05 bits per heavy atom. The monoisotopic (exact) mass is 354 g/mol. The zero-order valence-electron chi connectivity index (χ0n) is 11.5. The minimum Gasteiger partial charge on any atom is -0.387 e. The van der Waals surface area contributed by atoms with Crippen molar-refractivity contribution in [2.45, 2.75) is 10.3 Å². The van der Waals surface area contributed by atoms with Gasteiger partial charge in [-0.15, -0.1) is 23.7 Å². The molecule has 0 saturated carbocycles. The molecule has 1 saturated heterocycles. The van der Waals surface area contributed by atoms with Crippen LogP contribution < -0.4 is 0 Å². The number of aliphatic hydroxyl groups is 1. The predicted octanol–water partition coefficient (Wildman–Crippen LogP) is 0.540. The number of hydrogen-bond acceptors (Lipinski definition) is 6. The molecule has 21 heavy (non-hydrogen) atoms. The molecular weight excluding hydrogens is 336 g/mol. The Bertz CT molecular complexity index is 572. The average Bonchev–Trinajstić information content (AvgIpc) is 2.94. The molecule has 1 N–H and O–H groups in total. The van der Waals surface area contributed by atoms with Crippen molar-refractivity contribution in [2.24, 2.45) is 0 Å². The quantitative estimate of drug-likeness (QED) is 0.858. The van der Waals surface area contributed by atoms with Crippen LogP contribution in [0, 0.1) is 0 Å². The topological polar surface area (TPSA) is 70.1 Å². The molecule has 0 amide bonds. The first kappa shape index (κ1) is 17.1. The van der Waals surface area contributed by atoms with Gasteiger partial charge < -0.3 is 9.84 Å². The van der Waals surface area contributed by atoms with E-state index in [-0.39, 0.29) is 19.0 Å². The van der Waals surface area contributed by atoms with E-state index in [1.807, 2.05) is 0 Å². The van der Waals surface area contributed by atoms with Gasteiger partial charge in [-0.1, -0.05) is 0 Å². The van der Waals surface area contributed by atoms with Crippen LogP contribution in [0.2, 0.25) is 0 Å². The van der Waals surface area contributed by atoms with E-state index in [2.05, 4.69) is 4.90 Å².